The summed E-state index contributed by atoms with van der Waals surface area (Å²) >= 11 is 0. The molecule has 128 valence electrons. The zero-order valence-corrected chi connectivity index (χ0v) is 13.6. The molecule has 0 aromatic carbocycles. The summed E-state index contributed by atoms with van der Waals surface area (Å²) in [5, 5.41) is 5.46. The highest BCUT2D eigenvalue weighted by Gasteiger charge is 2.51. The van der Waals surface area contributed by atoms with Crippen LogP contribution in [0.2, 0.25) is 0 Å². The molecule has 0 bridgehead atoms. The minimum absolute atomic E-state index is 0.0858. The third-order valence-electron chi connectivity index (χ3n) is 4.13. The van der Waals surface area contributed by atoms with E-state index in [0.29, 0.717) is 6.42 Å². The van der Waals surface area contributed by atoms with Gasteiger partial charge in [-0.1, -0.05) is 27.2 Å². The number of nitrogens with two attached hydrogens (primary N) is 1. The van der Waals surface area contributed by atoms with E-state index in [-0.39, 0.29) is 37.8 Å². The molecule has 3 N–H and O–H groups in total. The van der Waals surface area contributed by atoms with Crippen molar-refractivity contribution in [2.45, 2.75) is 51.7 Å². The summed E-state index contributed by atoms with van der Waals surface area (Å²) in [7, 11) is 0. The van der Waals surface area contributed by atoms with Crippen LogP contribution in [-0.2, 0) is 19.1 Å². The van der Waals surface area contributed by atoms with Crippen molar-refractivity contribution in [1.29, 1.82) is 0 Å². The highest BCUT2D eigenvalue weighted by molar-refractivity contribution is 5.76. The van der Waals surface area contributed by atoms with Crippen LogP contribution in [0, 0.1) is 10.3 Å². The molecule has 0 amide bonds. The number of esters is 1. The molecule has 0 aromatic rings. The van der Waals surface area contributed by atoms with E-state index in [0.717, 1.165) is 12.8 Å². The van der Waals surface area contributed by atoms with Crippen molar-refractivity contribution in [2.24, 2.45) is 16.5 Å². The van der Waals surface area contributed by atoms with E-state index < -0.39 is 11.7 Å². The molecule has 2 unspecified atom stereocenters. The first-order valence-electron chi connectivity index (χ1n) is 7.62. The molecule has 22 heavy (non-hydrogen) atoms. The Balaban J connectivity index is 2.31. The zero-order valence-electron chi connectivity index (χ0n) is 13.6. The van der Waals surface area contributed by atoms with Crippen LogP contribution in [0.3, 0.4) is 0 Å². The predicted molar refractivity (Wildman–Crippen MR) is 80.7 cm³/mol. The van der Waals surface area contributed by atoms with Crippen LogP contribution in [-0.4, -0.2) is 44.1 Å². The Morgan fingerprint density at radius 2 is 2.00 bits per heavy atom. The summed E-state index contributed by atoms with van der Waals surface area (Å²) in [6, 6.07) is -0.394. The van der Waals surface area contributed by atoms with E-state index in [1.54, 1.807) is 0 Å². The van der Waals surface area contributed by atoms with E-state index in [4.69, 9.17) is 15.2 Å². The van der Waals surface area contributed by atoms with E-state index >= 15 is 0 Å². The van der Waals surface area contributed by atoms with Gasteiger partial charge in [-0.15, -0.1) is 4.91 Å². The lowest BCUT2D eigenvalue weighted by Crippen LogP contribution is -2.59. The van der Waals surface area contributed by atoms with E-state index in [1.807, 2.05) is 0 Å². The lowest BCUT2D eigenvalue weighted by atomic mass is 9.77. The van der Waals surface area contributed by atoms with Crippen molar-refractivity contribution < 1.29 is 19.1 Å². The number of carbonyl (C=O) groups is 1. The average Bonchev–Trinajstić information content (AvgIpc) is 2.68. The van der Waals surface area contributed by atoms with Crippen LogP contribution in [0.25, 0.3) is 0 Å². The van der Waals surface area contributed by atoms with Gasteiger partial charge in [-0.3, -0.25) is 10.1 Å². The first kappa shape index (κ1) is 18.8. The maximum absolute atomic E-state index is 12.1. The first-order valence-corrected chi connectivity index (χ1v) is 7.62. The summed E-state index contributed by atoms with van der Waals surface area (Å²) < 4.78 is 10.3. The third-order valence-corrected chi connectivity index (χ3v) is 4.13. The molecular formula is C14H27N3O5. The van der Waals surface area contributed by atoms with Gasteiger partial charge in [0.2, 0.25) is 0 Å². The zero-order chi connectivity index (χ0) is 16.6. The second-order valence-corrected chi connectivity index (χ2v) is 6.19. The Bertz CT molecular complexity index is 377. The second kappa shape index (κ2) is 8.40. The molecule has 1 fully saturated rings. The lowest BCUT2D eigenvalue weighted by molar-refractivity contribution is -0.147. The number of nitrogens with one attached hydrogen (secondary N) is 1. The molecule has 1 aliphatic rings. The quantitative estimate of drug-likeness (QED) is 0.268. The maximum Gasteiger partial charge on any atom is 0.323 e. The van der Waals surface area contributed by atoms with Crippen LogP contribution in [0.4, 0.5) is 0 Å². The average molecular weight is 317 g/mol. The molecule has 1 rings (SSSR count). The number of hydrogen-bond acceptors (Lipinski definition) is 8. The summed E-state index contributed by atoms with van der Waals surface area (Å²) in [6.07, 6.45) is 2.39. The van der Waals surface area contributed by atoms with Gasteiger partial charge in [-0.2, -0.15) is 0 Å². The highest BCUT2D eigenvalue weighted by Crippen LogP contribution is 2.41. The molecule has 0 saturated carbocycles. The van der Waals surface area contributed by atoms with E-state index in [1.165, 1.54) is 0 Å². The van der Waals surface area contributed by atoms with Crippen molar-refractivity contribution in [3.63, 3.8) is 0 Å². The molecule has 0 spiro atoms. The number of nitrogens with zero attached hydrogens (tertiary/aromatic N) is 1. The number of carbonyl (C=O) groups excluding carboxylic acids is 1. The smallest absolute Gasteiger partial charge is 0.323 e. The van der Waals surface area contributed by atoms with Crippen molar-refractivity contribution in [1.82, 2.24) is 5.32 Å². The van der Waals surface area contributed by atoms with Crippen LogP contribution in [0.1, 0.15) is 40.0 Å². The van der Waals surface area contributed by atoms with Gasteiger partial charge in [0.05, 0.1) is 18.9 Å². The Hall–Kier alpha value is -1.25. The normalized spacial score (nSPS) is 26.6. The molecule has 8 nitrogen and oxygen atoms in total. The molecule has 1 heterocycles. The largest absolute Gasteiger partial charge is 0.462 e. The number of hydrogen-bond donors (Lipinski definition) is 2. The van der Waals surface area contributed by atoms with E-state index in [9.17, 15) is 9.70 Å². The van der Waals surface area contributed by atoms with Gasteiger partial charge in [-0.05, 0) is 18.3 Å². The molecule has 1 aliphatic heterocycles. The maximum atomic E-state index is 12.1. The second-order valence-electron chi connectivity index (χ2n) is 6.19. The number of rotatable bonds is 10. The summed E-state index contributed by atoms with van der Waals surface area (Å²) in [6.45, 7) is 6.90. The van der Waals surface area contributed by atoms with Gasteiger partial charge in [0.25, 0.3) is 0 Å². The first-order chi connectivity index (χ1) is 10.4. The van der Waals surface area contributed by atoms with Gasteiger partial charge in [0.1, 0.15) is 19.3 Å². The summed E-state index contributed by atoms with van der Waals surface area (Å²) in [5.74, 6) is -0.314. The van der Waals surface area contributed by atoms with Gasteiger partial charge < -0.3 is 20.0 Å². The van der Waals surface area contributed by atoms with Crippen molar-refractivity contribution in [3.8, 4) is 0 Å². The fourth-order valence-electron chi connectivity index (χ4n) is 2.73. The van der Waals surface area contributed by atoms with E-state index in [2.05, 4.69) is 36.3 Å². The fourth-order valence-corrected chi connectivity index (χ4v) is 2.73. The molecule has 0 radical (unpaired) electrons. The summed E-state index contributed by atoms with van der Waals surface area (Å²) in [5.41, 5.74) is 5.67. The highest BCUT2D eigenvalue weighted by atomic mass is 16.7. The molecular weight excluding hydrogens is 290 g/mol. The van der Waals surface area contributed by atoms with Gasteiger partial charge in [0.15, 0.2) is 5.34 Å². The molecule has 2 atom stereocenters. The Kier molecular flexibility index (Phi) is 7.18. The topological polar surface area (TPSA) is 112 Å². The monoisotopic (exact) mass is 317 g/mol. The van der Waals surface area contributed by atoms with Crippen LogP contribution < -0.4 is 11.1 Å². The Morgan fingerprint density at radius 3 is 2.64 bits per heavy atom. The minimum atomic E-state index is -0.554. The van der Waals surface area contributed by atoms with Crippen molar-refractivity contribution in [2.75, 3.05) is 26.4 Å². The van der Waals surface area contributed by atoms with Gasteiger partial charge >= 0.3 is 5.97 Å². The standard InChI is InChI=1S/C14H27N3O5/c1-4-5-14(15)13(2,3)10-11(16-14)12(18)21-8-6-20-7-9-22-17-19/h11,16H,4-10,15H2,1-3H3. The van der Waals surface area contributed by atoms with Crippen LogP contribution in [0.5, 0.6) is 0 Å². The van der Waals surface area contributed by atoms with Crippen LogP contribution in [0.15, 0.2) is 5.34 Å². The SMILES string of the molecule is CCCC1(N)NC(C(=O)OCCOCCON=O)CC1(C)C. The van der Waals surface area contributed by atoms with Crippen LogP contribution >= 0.6 is 0 Å². The lowest BCUT2D eigenvalue weighted by Gasteiger charge is -2.37. The fraction of sp³-hybridized carbons (Fsp3) is 0.929. The molecule has 0 aromatic heterocycles. The predicted octanol–water partition coefficient (Wildman–Crippen LogP) is 1.09. The molecule has 1 saturated heterocycles. The van der Waals surface area contributed by atoms with Crippen molar-refractivity contribution >= 4 is 5.97 Å². The van der Waals surface area contributed by atoms with Gasteiger partial charge in [-0.25, -0.2) is 0 Å². The Labute approximate surface area is 131 Å². The Morgan fingerprint density at radius 1 is 1.32 bits per heavy atom. The summed E-state index contributed by atoms with van der Waals surface area (Å²) in [4.78, 5) is 26.0. The minimum Gasteiger partial charge on any atom is -0.462 e. The number of ether oxygens (including phenoxy) is 2. The molecule has 8 heteroatoms. The third kappa shape index (κ3) is 4.89. The molecule has 0 aliphatic carbocycles. The van der Waals surface area contributed by atoms with Crippen molar-refractivity contribution in [3.05, 3.63) is 4.91 Å². The van der Waals surface area contributed by atoms with Gasteiger partial charge in [0, 0.05) is 0 Å².